The molecular weight excluding hydrogens is 167 g/mol. The molecule has 0 amide bonds. The van der Waals surface area contributed by atoms with Crippen molar-refractivity contribution >= 4 is 0 Å². The first-order valence-corrected chi connectivity index (χ1v) is 4.36. The van der Waals surface area contributed by atoms with Crippen LogP contribution in [-0.2, 0) is 6.42 Å². The van der Waals surface area contributed by atoms with Crippen molar-refractivity contribution in [1.82, 2.24) is 0 Å². The molecule has 0 radical (unpaired) electrons. The van der Waals surface area contributed by atoms with Gasteiger partial charge in [-0.3, -0.25) is 0 Å². The average Bonchev–Trinajstić information content (AvgIpc) is 1.94. The fourth-order valence-corrected chi connectivity index (χ4v) is 1.25. The molecule has 0 atom stereocenters. The summed E-state index contributed by atoms with van der Waals surface area (Å²) in [6.45, 7) is 5.15. The van der Waals surface area contributed by atoms with Gasteiger partial charge in [0.15, 0.2) is 0 Å². The van der Waals surface area contributed by atoms with Gasteiger partial charge < -0.3 is 5.11 Å². The highest BCUT2D eigenvalue weighted by Crippen LogP contribution is 2.15. The predicted octanol–water partition coefficient (Wildman–Crippen LogP) is 2.45. The van der Waals surface area contributed by atoms with E-state index in [4.69, 9.17) is 0 Å². The Bertz CT molecular complexity index is 299. The minimum Gasteiger partial charge on any atom is -0.390 e. The number of hydrogen-bond acceptors (Lipinski definition) is 1. The van der Waals surface area contributed by atoms with Gasteiger partial charge in [-0.15, -0.1) is 0 Å². The molecule has 0 saturated heterocycles. The van der Waals surface area contributed by atoms with Gasteiger partial charge in [-0.2, -0.15) is 0 Å². The Morgan fingerprint density at radius 3 is 2.46 bits per heavy atom. The summed E-state index contributed by atoms with van der Waals surface area (Å²) in [4.78, 5) is 0. The van der Waals surface area contributed by atoms with E-state index in [1.165, 1.54) is 6.07 Å². The molecule has 0 spiro atoms. The van der Waals surface area contributed by atoms with Crippen LogP contribution in [0.2, 0.25) is 0 Å². The zero-order valence-corrected chi connectivity index (χ0v) is 8.26. The summed E-state index contributed by atoms with van der Waals surface area (Å²) in [5.74, 6) is -0.207. The summed E-state index contributed by atoms with van der Waals surface area (Å²) in [5, 5.41) is 9.51. The predicted molar refractivity (Wildman–Crippen MR) is 51.1 cm³/mol. The third-order valence-electron chi connectivity index (χ3n) is 1.87. The van der Waals surface area contributed by atoms with Crippen LogP contribution in [0.15, 0.2) is 18.2 Å². The topological polar surface area (TPSA) is 20.2 Å². The van der Waals surface area contributed by atoms with E-state index in [2.05, 4.69) is 0 Å². The zero-order chi connectivity index (χ0) is 10.1. The molecule has 1 rings (SSSR count). The number of rotatable bonds is 2. The molecular formula is C11H15FO. The van der Waals surface area contributed by atoms with Crippen molar-refractivity contribution in [2.75, 3.05) is 0 Å². The summed E-state index contributed by atoms with van der Waals surface area (Å²) in [6.07, 6.45) is 0.476. The van der Waals surface area contributed by atoms with E-state index in [9.17, 15) is 9.50 Å². The smallest absolute Gasteiger partial charge is 0.126 e. The Kier molecular flexibility index (Phi) is 2.71. The maximum Gasteiger partial charge on any atom is 0.126 e. The van der Waals surface area contributed by atoms with Crippen LogP contribution in [0, 0.1) is 12.7 Å². The van der Waals surface area contributed by atoms with Crippen molar-refractivity contribution in [2.45, 2.75) is 32.8 Å². The number of halogens is 1. The van der Waals surface area contributed by atoms with Crippen LogP contribution in [0.3, 0.4) is 0 Å². The molecule has 0 saturated carbocycles. The van der Waals surface area contributed by atoms with E-state index in [0.717, 1.165) is 5.56 Å². The normalized spacial score (nSPS) is 11.8. The van der Waals surface area contributed by atoms with E-state index in [-0.39, 0.29) is 5.82 Å². The molecule has 0 aliphatic heterocycles. The first-order chi connectivity index (χ1) is 5.88. The molecule has 0 aliphatic rings. The van der Waals surface area contributed by atoms with Crippen LogP contribution in [0.4, 0.5) is 4.39 Å². The average molecular weight is 182 g/mol. The zero-order valence-electron chi connectivity index (χ0n) is 8.26. The number of hydrogen-bond donors (Lipinski definition) is 1. The van der Waals surface area contributed by atoms with E-state index >= 15 is 0 Å². The monoisotopic (exact) mass is 182 g/mol. The molecule has 0 aromatic heterocycles. The van der Waals surface area contributed by atoms with Crippen molar-refractivity contribution < 1.29 is 9.50 Å². The third kappa shape index (κ3) is 3.15. The van der Waals surface area contributed by atoms with Crippen molar-refractivity contribution in [2.24, 2.45) is 0 Å². The third-order valence-corrected chi connectivity index (χ3v) is 1.87. The molecule has 72 valence electrons. The molecule has 0 aliphatic carbocycles. The van der Waals surface area contributed by atoms with Gasteiger partial charge in [0.2, 0.25) is 0 Å². The van der Waals surface area contributed by atoms with Gasteiger partial charge in [0.25, 0.3) is 0 Å². The molecule has 1 nitrogen and oxygen atoms in total. The Balaban J connectivity index is 2.86. The highest BCUT2D eigenvalue weighted by molar-refractivity contribution is 5.24. The van der Waals surface area contributed by atoms with Crippen molar-refractivity contribution in [1.29, 1.82) is 0 Å². The standard InChI is InChI=1S/C11H15FO/c1-8-4-5-9(6-10(8)12)7-11(2,3)13/h4-6,13H,7H2,1-3H3. The Morgan fingerprint density at radius 2 is 2.00 bits per heavy atom. The second kappa shape index (κ2) is 3.46. The lowest BCUT2D eigenvalue weighted by Gasteiger charge is -2.17. The van der Waals surface area contributed by atoms with Crippen LogP contribution in [0.5, 0.6) is 0 Å². The van der Waals surface area contributed by atoms with Gasteiger partial charge in [0.1, 0.15) is 5.82 Å². The lowest BCUT2D eigenvalue weighted by atomic mass is 9.98. The van der Waals surface area contributed by atoms with Crippen molar-refractivity contribution in [3.05, 3.63) is 35.1 Å². The second-order valence-corrected chi connectivity index (χ2v) is 4.07. The van der Waals surface area contributed by atoms with Crippen LogP contribution < -0.4 is 0 Å². The molecule has 1 aromatic carbocycles. The maximum absolute atomic E-state index is 13.1. The van der Waals surface area contributed by atoms with Gasteiger partial charge in [0, 0.05) is 6.42 Å². The maximum atomic E-state index is 13.1. The molecule has 1 aromatic rings. The van der Waals surface area contributed by atoms with E-state index in [1.54, 1.807) is 26.8 Å². The van der Waals surface area contributed by atoms with Crippen LogP contribution in [-0.4, -0.2) is 10.7 Å². The summed E-state index contributed by atoms with van der Waals surface area (Å²) in [7, 11) is 0. The molecule has 0 bridgehead atoms. The molecule has 0 fully saturated rings. The minimum atomic E-state index is -0.776. The molecule has 2 heteroatoms. The summed E-state index contributed by atoms with van der Waals surface area (Å²) < 4.78 is 13.1. The lowest BCUT2D eigenvalue weighted by molar-refractivity contribution is 0.0809. The van der Waals surface area contributed by atoms with E-state index < -0.39 is 5.60 Å². The van der Waals surface area contributed by atoms with Gasteiger partial charge in [-0.1, -0.05) is 12.1 Å². The van der Waals surface area contributed by atoms with Crippen LogP contribution >= 0.6 is 0 Å². The quantitative estimate of drug-likeness (QED) is 0.744. The highest BCUT2D eigenvalue weighted by atomic mass is 19.1. The largest absolute Gasteiger partial charge is 0.390 e. The van der Waals surface area contributed by atoms with Crippen molar-refractivity contribution in [3.8, 4) is 0 Å². The highest BCUT2D eigenvalue weighted by Gasteiger charge is 2.13. The molecule has 1 N–H and O–H groups in total. The fourth-order valence-electron chi connectivity index (χ4n) is 1.25. The lowest BCUT2D eigenvalue weighted by Crippen LogP contribution is -2.21. The number of benzene rings is 1. The number of aryl methyl sites for hydroxylation is 1. The molecule has 0 heterocycles. The summed E-state index contributed by atoms with van der Waals surface area (Å²) in [5.41, 5.74) is 0.692. The Morgan fingerprint density at radius 1 is 1.38 bits per heavy atom. The first-order valence-electron chi connectivity index (χ1n) is 4.36. The van der Waals surface area contributed by atoms with Crippen molar-refractivity contribution in [3.63, 3.8) is 0 Å². The Hall–Kier alpha value is -0.890. The first kappa shape index (κ1) is 10.2. The van der Waals surface area contributed by atoms with Gasteiger partial charge in [0.05, 0.1) is 5.60 Å². The van der Waals surface area contributed by atoms with Crippen LogP contribution in [0.25, 0.3) is 0 Å². The van der Waals surface area contributed by atoms with Gasteiger partial charge in [-0.25, -0.2) is 4.39 Å². The minimum absolute atomic E-state index is 0.207. The molecule has 13 heavy (non-hydrogen) atoms. The van der Waals surface area contributed by atoms with Crippen LogP contribution in [0.1, 0.15) is 25.0 Å². The second-order valence-electron chi connectivity index (χ2n) is 4.07. The summed E-state index contributed by atoms with van der Waals surface area (Å²) >= 11 is 0. The SMILES string of the molecule is Cc1ccc(CC(C)(C)O)cc1F. The molecule has 0 unspecified atom stereocenters. The summed E-state index contributed by atoms with van der Waals surface area (Å²) in [6, 6.07) is 5.06. The van der Waals surface area contributed by atoms with Gasteiger partial charge >= 0.3 is 0 Å². The van der Waals surface area contributed by atoms with E-state index in [0.29, 0.717) is 12.0 Å². The Labute approximate surface area is 78.2 Å². The van der Waals surface area contributed by atoms with E-state index in [1.807, 2.05) is 6.07 Å². The van der Waals surface area contributed by atoms with Gasteiger partial charge in [-0.05, 0) is 38.0 Å². The fraction of sp³-hybridized carbons (Fsp3) is 0.455. The number of aliphatic hydroxyl groups is 1.